The van der Waals surface area contributed by atoms with E-state index >= 15 is 0 Å². The minimum absolute atomic E-state index is 0.00463. The first-order valence-corrected chi connectivity index (χ1v) is 9.93. The molecule has 2 N–H and O–H groups in total. The monoisotopic (exact) mass is 427 g/mol. The largest absolute Gasteiger partial charge is 0.502 e. The molecule has 0 radical (unpaired) electrons. The summed E-state index contributed by atoms with van der Waals surface area (Å²) in [5.74, 6) is 0.759. The number of hydrogen-bond donors (Lipinski definition) is 2. The highest BCUT2D eigenvalue weighted by Gasteiger charge is 1.72. The molecule has 0 saturated carbocycles. The minimum Gasteiger partial charge on any atom is -0.502 e. The number of carbonyl (C=O) groups excluding carboxylic acids is 1. The highest BCUT2D eigenvalue weighted by atomic mass is 16.5. The Bertz CT molecular complexity index is 405. The number of methoxy groups -OCH3 is 1. The van der Waals surface area contributed by atoms with E-state index in [1.807, 2.05) is 41.7 Å². The predicted molar refractivity (Wildman–Crippen MR) is 140 cm³/mol. The van der Waals surface area contributed by atoms with Crippen LogP contribution in [0.3, 0.4) is 0 Å². The quantitative estimate of drug-likeness (QED) is 0.293. The number of nitrogens with zero attached hydrogens (tertiary/aromatic N) is 1. The number of nitrogens with one attached hydrogen (secondary N) is 2. The highest BCUT2D eigenvalue weighted by Crippen LogP contribution is 1.83. The summed E-state index contributed by atoms with van der Waals surface area (Å²) in [4.78, 5) is 13.5. The van der Waals surface area contributed by atoms with Crippen molar-refractivity contribution in [2.75, 3.05) is 28.3 Å². The van der Waals surface area contributed by atoms with Crippen LogP contribution < -0.4 is 10.6 Å². The van der Waals surface area contributed by atoms with E-state index in [2.05, 4.69) is 73.4 Å². The lowest BCUT2D eigenvalue weighted by Gasteiger charge is -1.88. The van der Waals surface area contributed by atoms with Crippen molar-refractivity contribution in [2.24, 2.45) is 4.99 Å². The van der Waals surface area contributed by atoms with E-state index in [0.29, 0.717) is 0 Å². The Balaban J connectivity index is -0.0000000576. The molecule has 0 aliphatic heterocycles. The molecular weight excluding hydrogens is 374 g/mol. The number of rotatable bonds is 2. The fourth-order valence-electron chi connectivity index (χ4n) is 0. The fraction of sp³-hybridized carbons (Fsp3) is 0.600. The van der Waals surface area contributed by atoms with Crippen molar-refractivity contribution in [1.82, 2.24) is 10.6 Å². The van der Waals surface area contributed by atoms with Crippen molar-refractivity contribution >= 4 is 11.6 Å². The van der Waals surface area contributed by atoms with Crippen LogP contribution in [0.15, 0.2) is 52.9 Å². The molecule has 0 fully saturated rings. The average molecular weight is 428 g/mol. The maximum absolute atomic E-state index is 9.70. The van der Waals surface area contributed by atoms with Gasteiger partial charge < -0.3 is 15.4 Å². The molecule has 1 amide bonds. The Morgan fingerprint density at radius 1 is 0.800 bits per heavy atom. The van der Waals surface area contributed by atoms with Crippen molar-refractivity contribution in [3.63, 3.8) is 0 Å². The second kappa shape index (κ2) is 37.5. The smallest absolute Gasteiger partial charge is 0.216 e. The molecule has 0 heterocycles. The first-order valence-electron chi connectivity index (χ1n) is 9.93. The molecule has 0 unspecified atom stereocenters. The summed E-state index contributed by atoms with van der Waals surface area (Å²) in [6, 6.07) is 0. The number of ether oxygens (including phenoxy) is 1. The van der Waals surface area contributed by atoms with Gasteiger partial charge in [0.05, 0.1) is 12.9 Å². The molecule has 0 bridgehead atoms. The lowest BCUT2D eigenvalue weighted by atomic mass is 10.3. The lowest BCUT2D eigenvalue weighted by molar-refractivity contribution is -0.118. The fourth-order valence-corrected chi connectivity index (χ4v) is 0. The van der Waals surface area contributed by atoms with Gasteiger partial charge in [0.15, 0.2) is 0 Å². The van der Waals surface area contributed by atoms with E-state index in [1.54, 1.807) is 28.1 Å². The molecule has 0 atom stereocenters. The molecule has 0 aromatic carbocycles. The summed E-state index contributed by atoms with van der Waals surface area (Å²) in [5.41, 5.74) is 4.89. The first kappa shape index (κ1) is 41.9. The third kappa shape index (κ3) is 167. The Morgan fingerprint density at radius 2 is 0.967 bits per heavy atom. The van der Waals surface area contributed by atoms with Gasteiger partial charge in [-0.2, -0.15) is 0 Å². The van der Waals surface area contributed by atoms with Crippen LogP contribution in [0.25, 0.3) is 0 Å². The molecule has 0 aromatic rings. The Labute approximate surface area is 189 Å². The maximum Gasteiger partial charge on any atom is 0.216 e. The van der Waals surface area contributed by atoms with Crippen LogP contribution in [-0.4, -0.2) is 39.9 Å². The van der Waals surface area contributed by atoms with Crippen molar-refractivity contribution in [3.05, 3.63) is 47.9 Å². The van der Waals surface area contributed by atoms with Gasteiger partial charge in [0.1, 0.15) is 0 Å². The molecule has 0 aromatic heterocycles. The molecule has 0 aliphatic carbocycles. The Morgan fingerprint density at radius 3 is 0.967 bits per heavy atom. The van der Waals surface area contributed by atoms with Gasteiger partial charge in [-0.1, -0.05) is 36.5 Å². The molecular formula is C25H53N3O2. The summed E-state index contributed by atoms with van der Waals surface area (Å²) in [7, 11) is 6.84. The standard InChI is InChI=1S/2C5H10.2C4H9N.C4H8O.C3H7NO/c2*1-4-5(2)3;3*1-4(2)5-3;1-3(5)4-2/h2*4H,1-3H3;1-3H3;5H,1H2,2-3H3;1H2,2-3H3;1-2H3,(H,4,5). The second-order valence-corrected chi connectivity index (χ2v) is 6.65. The van der Waals surface area contributed by atoms with Gasteiger partial charge in [-0.25, -0.2) is 0 Å². The van der Waals surface area contributed by atoms with E-state index < -0.39 is 0 Å². The van der Waals surface area contributed by atoms with Crippen molar-refractivity contribution in [2.45, 2.75) is 76.2 Å². The Hall–Kier alpha value is -2.30. The van der Waals surface area contributed by atoms with Crippen LogP contribution in [-0.2, 0) is 9.53 Å². The number of allylic oxidation sites excluding steroid dienone is 6. The highest BCUT2D eigenvalue weighted by molar-refractivity contribution is 5.78. The van der Waals surface area contributed by atoms with Crippen molar-refractivity contribution < 1.29 is 9.53 Å². The predicted octanol–water partition coefficient (Wildman–Crippen LogP) is 6.70. The van der Waals surface area contributed by atoms with E-state index in [9.17, 15) is 4.79 Å². The summed E-state index contributed by atoms with van der Waals surface area (Å²) < 4.78 is 4.56. The van der Waals surface area contributed by atoms with Gasteiger partial charge in [0.2, 0.25) is 5.91 Å². The third-order valence-electron chi connectivity index (χ3n) is 2.73. The number of aliphatic imine (C=N–C) groups is 1. The molecule has 0 spiro atoms. The van der Waals surface area contributed by atoms with Gasteiger partial charge in [0, 0.05) is 33.8 Å². The van der Waals surface area contributed by atoms with E-state index in [-0.39, 0.29) is 5.91 Å². The van der Waals surface area contributed by atoms with Crippen LogP contribution in [0.5, 0.6) is 0 Å². The zero-order chi connectivity index (χ0) is 25.7. The average Bonchev–Trinajstić information content (AvgIpc) is 2.69. The molecule has 30 heavy (non-hydrogen) atoms. The van der Waals surface area contributed by atoms with Crippen LogP contribution >= 0.6 is 0 Å². The van der Waals surface area contributed by atoms with Crippen LogP contribution in [0.2, 0.25) is 0 Å². The minimum atomic E-state index is 0.00463. The second-order valence-electron chi connectivity index (χ2n) is 6.65. The Kier molecular flexibility index (Phi) is 52.4. The van der Waals surface area contributed by atoms with Gasteiger partial charge in [-0.15, -0.1) is 0 Å². The number of hydrogen-bond acceptors (Lipinski definition) is 4. The lowest BCUT2D eigenvalue weighted by Crippen LogP contribution is -2.11. The van der Waals surface area contributed by atoms with Crippen molar-refractivity contribution in [3.8, 4) is 0 Å². The molecule has 0 aliphatic rings. The van der Waals surface area contributed by atoms with Gasteiger partial charge in [-0.05, 0) is 74.9 Å². The van der Waals surface area contributed by atoms with E-state index in [1.165, 1.54) is 18.1 Å². The van der Waals surface area contributed by atoms with Crippen LogP contribution in [0, 0.1) is 0 Å². The van der Waals surface area contributed by atoms with Gasteiger partial charge in [0.25, 0.3) is 0 Å². The number of carbonyl (C=O) groups is 1. The topological polar surface area (TPSA) is 62.7 Å². The summed E-state index contributed by atoms with van der Waals surface area (Å²) in [6.07, 6.45) is 4.17. The first-order chi connectivity index (χ1) is 13.6. The van der Waals surface area contributed by atoms with Crippen LogP contribution in [0.1, 0.15) is 76.2 Å². The maximum atomic E-state index is 9.70. The molecule has 5 heteroatoms. The molecule has 0 rings (SSSR count). The zero-order valence-corrected chi connectivity index (χ0v) is 22.8. The van der Waals surface area contributed by atoms with Gasteiger partial charge in [-0.3, -0.25) is 9.79 Å². The normalized spacial score (nSPS) is 6.90. The molecule has 5 nitrogen and oxygen atoms in total. The molecule has 0 saturated heterocycles. The van der Waals surface area contributed by atoms with Gasteiger partial charge >= 0.3 is 0 Å². The number of amides is 1. The summed E-state index contributed by atoms with van der Waals surface area (Å²) >= 11 is 0. The van der Waals surface area contributed by atoms with Crippen molar-refractivity contribution in [1.29, 1.82) is 0 Å². The third-order valence-corrected chi connectivity index (χ3v) is 2.73. The summed E-state index contributed by atoms with van der Waals surface area (Å²) in [6.45, 7) is 28.6. The van der Waals surface area contributed by atoms with E-state index in [0.717, 1.165) is 17.2 Å². The zero-order valence-electron chi connectivity index (χ0n) is 22.8. The SMILES string of the molecule is C=C(C)NC.C=C(C)OC.CC=C(C)C.CC=C(C)C.CN=C(C)C.CNC(C)=O. The summed E-state index contributed by atoms with van der Waals surface area (Å²) in [5, 5.41) is 5.22. The molecule has 180 valence electrons. The van der Waals surface area contributed by atoms with E-state index in [4.69, 9.17) is 0 Å². The van der Waals surface area contributed by atoms with Crippen LogP contribution in [0.4, 0.5) is 0 Å².